The SMILES string of the molecule is O=C(C[C@H](SCc1ccco1)c1ccc(Cl)cc1)c1cccs1. The Labute approximate surface area is 148 Å². The lowest BCUT2D eigenvalue weighted by Crippen LogP contribution is -2.04. The highest BCUT2D eigenvalue weighted by atomic mass is 35.5. The van der Waals surface area contributed by atoms with Crippen LogP contribution in [0.25, 0.3) is 0 Å². The molecule has 0 aliphatic carbocycles. The minimum atomic E-state index is 0.0759. The summed E-state index contributed by atoms with van der Waals surface area (Å²) in [5.41, 5.74) is 1.11. The minimum Gasteiger partial charge on any atom is -0.468 e. The van der Waals surface area contributed by atoms with Crippen LogP contribution >= 0.6 is 34.7 Å². The molecule has 1 aromatic carbocycles. The highest BCUT2D eigenvalue weighted by Crippen LogP contribution is 2.36. The summed E-state index contributed by atoms with van der Waals surface area (Å²) in [5, 5.41) is 2.71. The zero-order chi connectivity index (χ0) is 16.1. The standard InChI is InChI=1S/C18H15ClO2S2/c19-14-7-5-13(6-8-14)18(23-12-15-3-1-9-21-15)11-16(20)17-4-2-10-22-17/h1-10,18H,11-12H2/t18-/m0/s1. The van der Waals surface area contributed by atoms with E-state index in [0.717, 1.165) is 22.0 Å². The lowest BCUT2D eigenvalue weighted by molar-refractivity contribution is 0.0986. The molecule has 2 heterocycles. The number of hydrogen-bond donors (Lipinski definition) is 0. The molecular formula is C18H15ClO2S2. The molecule has 0 radical (unpaired) electrons. The van der Waals surface area contributed by atoms with Crippen LogP contribution in [0.3, 0.4) is 0 Å². The number of carbonyl (C=O) groups excluding carboxylic acids is 1. The monoisotopic (exact) mass is 362 g/mol. The second-order valence-electron chi connectivity index (χ2n) is 5.04. The van der Waals surface area contributed by atoms with Crippen LogP contribution in [0.5, 0.6) is 0 Å². The molecule has 0 N–H and O–H groups in total. The van der Waals surface area contributed by atoms with Crippen molar-refractivity contribution in [2.75, 3.05) is 0 Å². The number of thiophene rings is 1. The smallest absolute Gasteiger partial charge is 0.174 e. The van der Waals surface area contributed by atoms with Gasteiger partial charge in [-0.2, -0.15) is 0 Å². The van der Waals surface area contributed by atoms with E-state index in [9.17, 15) is 4.79 Å². The van der Waals surface area contributed by atoms with E-state index >= 15 is 0 Å². The van der Waals surface area contributed by atoms with Gasteiger partial charge in [-0.15, -0.1) is 23.1 Å². The van der Waals surface area contributed by atoms with Crippen molar-refractivity contribution in [1.29, 1.82) is 0 Å². The summed E-state index contributed by atoms with van der Waals surface area (Å²) in [6.07, 6.45) is 2.14. The number of Topliss-reactive ketones (excluding diaryl/α,β-unsaturated/α-hetero) is 1. The van der Waals surface area contributed by atoms with Crippen molar-refractivity contribution >= 4 is 40.5 Å². The molecule has 0 aliphatic rings. The summed E-state index contributed by atoms with van der Waals surface area (Å²) in [6, 6.07) is 15.3. The maximum absolute atomic E-state index is 12.5. The number of hydrogen-bond acceptors (Lipinski definition) is 4. The van der Waals surface area contributed by atoms with Crippen LogP contribution < -0.4 is 0 Å². The van der Waals surface area contributed by atoms with Crippen molar-refractivity contribution in [3.63, 3.8) is 0 Å². The lowest BCUT2D eigenvalue weighted by Gasteiger charge is -2.16. The lowest BCUT2D eigenvalue weighted by atomic mass is 10.1. The Morgan fingerprint density at radius 2 is 2.00 bits per heavy atom. The molecule has 3 rings (SSSR count). The normalized spacial score (nSPS) is 12.2. The Balaban J connectivity index is 1.74. The van der Waals surface area contributed by atoms with E-state index in [4.69, 9.17) is 16.0 Å². The van der Waals surface area contributed by atoms with Crippen molar-refractivity contribution in [2.45, 2.75) is 17.4 Å². The van der Waals surface area contributed by atoms with Crippen molar-refractivity contribution in [3.05, 3.63) is 81.4 Å². The van der Waals surface area contributed by atoms with Crippen LogP contribution in [0, 0.1) is 0 Å². The molecule has 0 saturated carbocycles. The molecule has 0 aliphatic heterocycles. The Morgan fingerprint density at radius 3 is 2.65 bits per heavy atom. The topological polar surface area (TPSA) is 30.2 Å². The third-order valence-corrected chi connectivity index (χ3v) is 5.87. The first-order valence-electron chi connectivity index (χ1n) is 7.18. The molecule has 1 atom stereocenters. The molecule has 0 fully saturated rings. The predicted octanol–water partition coefficient (Wildman–Crippen LogP) is 6.24. The predicted molar refractivity (Wildman–Crippen MR) is 97.5 cm³/mol. The minimum absolute atomic E-state index is 0.0759. The Bertz CT molecular complexity index is 734. The highest BCUT2D eigenvalue weighted by molar-refractivity contribution is 7.98. The average molecular weight is 363 g/mol. The van der Waals surface area contributed by atoms with E-state index < -0.39 is 0 Å². The van der Waals surface area contributed by atoms with Crippen molar-refractivity contribution in [2.24, 2.45) is 0 Å². The van der Waals surface area contributed by atoms with Gasteiger partial charge in [-0.25, -0.2) is 0 Å². The number of thioether (sulfide) groups is 1. The maximum atomic E-state index is 12.5. The van der Waals surface area contributed by atoms with Crippen LogP contribution in [-0.4, -0.2) is 5.78 Å². The fraction of sp³-hybridized carbons (Fsp3) is 0.167. The van der Waals surface area contributed by atoms with Gasteiger partial charge in [0.05, 0.1) is 16.9 Å². The molecule has 118 valence electrons. The van der Waals surface area contributed by atoms with Gasteiger partial charge >= 0.3 is 0 Å². The third kappa shape index (κ3) is 4.50. The second kappa shape index (κ2) is 7.86. The van der Waals surface area contributed by atoms with Gasteiger partial charge in [0.25, 0.3) is 0 Å². The van der Waals surface area contributed by atoms with Gasteiger partial charge in [0.2, 0.25) is 0 Å². The molecule has 5 heteroatoms. The fourth-order valence-corrected chi connectivity index (χ4v) is 4.18. The second-order valence-corrected chi connectivity index (χ2v) is 7.61. The van der Waals surface area contributed by atoms with Crippen molar-refractivity contribution in [1.82, 2.24) is 0 Å². The quantitative estimate of drug-likeness (QED) is 0.466. The molecule has 0 bridgehead atoms. The van der Waals surface area contributed by atoms with Crippen molar-refractivity contribution in [3.8, 4) is 0 Å². The number of halogens is 1. The molecule has 0 spiro atoms. The molecule has 23 heavy (non-hydrogen) atoms. The van der Waals surface area contributed by atoms with Gasteiger partial charge in [-0.3, -0.25) is 4.79 Å². The summed E-state index contributed by atoms with van der Waals surface area (Å²) < 4.78 is 5.39. The van der Waals surface area contributed by atoms with Gasteiger partial charge in [0.15, 0.2) is 5.78 Å². The van der Waals surface area contributed by atoms with E-state index in [-0.39, 0.29) is 11.0 Å². The highest BCUT2D eigenvalue weighted by Gasteiger charge is 2.19. The number of benzene rings is 1. The van der Waals surface area contributed by atoms with Crippen LogP contribution in [0.4, 0.5) is 0 Å². The summed E-state index contributed by atoms with van der Waals surface area (Å²) in [6.45, 7) is 0. The van der Waals surface area contributed by atoms with Crippen LogP contribution in [0.1, 0.15) is 32.7 Å². The third-order valence-electron chi connectivity index (χ3n) is 3.42. The molecule has 0 unspecified atom stereocenters. The Kier molecular flexibility index (Phi) is 5.60. The first-order valence-corrected chi connectivity index (χ1v) is 9.49. The largest absolute Gasteiger partial charge is 0.468 e. The zero-order valence-corrected chi connectivity index (χ0v) is 14.7. The summed E-state index contributed by atoms with van der Waals surface area (Å²) in [5.74, 6) is 1.82. The maximum Gasteiger partial charge on any atom is 0.174 e. The summed E-state index contributed by atoms with van der Waals surface area (Å²) >= 11 is 9.17. The molecule has 2 nitrogen and oxygen atoms in total. The number of rotatable bonds is 7. The van der Waals surface area contributed by atoms with E-state index in [2.05, 4.69) is 0 Å². The van der Waals surface area contributed by atoms with Crippen molar-refractivity contribution < 1.29 is 9.21 Å². The first kappa shape index (κ1) is 16.4. The molecular weight excluding hydrogens is 348 g/mol. The fourth-order valence-electron chi connectivity index (χ4n) is 2.23. The number of furan rings is 1. The van der Waals surface area contributed by atoms with Crippen LogP contribution in [0.15, 0.2) is 64.6 Å². The first-order chi connectivity index (χ1) is 11.2. The van der Waals surface area contributed by atoms with Gasteiger partial charge in [0, 0.05) is 16.7 Å². The van der Waals surface area contributed by atoms with Crippen LogP contribution in [-0.2, 0) is 5.75 Å². The Morgan fingerprint density at radius 1 is 1.17 bits per heavy atom. The molecule has 2 aromatic heterocycles. The van der Waals surface area contributed by atoms with Crippen LogP contribution in [0.2, 0.25) is 5.02 Å². The summed E-state index contributed by atoms with van der Waals surface area (Å²) in [4.78, 5) is 13.3. The van der Waals surface area contributed by atoms with E-state index in [1.54, 1.807) is 18.0 Å². The summed E-state index contributed by atoms with van der Waals surface area (Å²) in [7, 11) is 0. The van der Waals surface area contributed by atoms with E-state index in [1.165, 1.54) is 11.3 Å². The average Bonchev–Trinajstić information content (AvgIpc) is 3.25. The van der Waals surface area contributed by atoms with Gasteiger partial charge in [-0.05, 0) is 41.3 Å². The molecule has 0 saturated heterocycles. The van der Waals surface area contributed by atoms with Gasteiger partial charge in [0.1, 0.15) is 5.76 Å². The van der Waals surface area contributed by atoms with Gasteiger partial charge < -0.3 is 4.42 Å². The molecule has 0 amide bonds. The van der Waals surface area contributed by atoms with E-state index in [0.29, 0.717) is 11.4 Å². The zero-order valence-electron chi connectivity index (χ0n) is 12.3. The van der Waals surface area contributed by atoms with E-state index in [1.807, 2.05) is 53.9 Å². The Hall–Kier alpha value is -1.49. The van der Waals surface area contributed by atoms with Gasteiger partial charge in [-0.1, -0.05) is 29.8 Å². The number of ketones is 1. The number of carbonyl (C=O) groups is 1. The molecule has 3 aromatic rings.